The van der Waals surface area contributed by atoms with E-state index in [0.717, 1.165) is 0 Å². The molecule has 2 bridgehead atoms. The first-order chi connectivity index (χ1) is 6.24. The van der Waals surface area contributed by atoms with Crippen LogP contribution in [-0.2, 0) is 9.47 Å². The molecule has 0 saturated carbocycles. The molecular formula is C6H9N3O4. The van der Waals surface area contributed by atoms with E-state index in [4.69, 9.17) is 15.0 Å². The molecule has 7 nitrogen and oxygen atoms in total. The molecule has 2 aliphatic rings. The van der Waals surface area contributed by atoms with Gasteiger partial charge in [-0.3, -0.25) is 0 Å². The molecule has 0 aromatic rings. The first-order valence-electron chi connectivity index (χ1n) is 3.91. The zero-order valence-corrected chi connectivity index (χ0v) is 6.65. The predicted molar refractivity (Wildman–Crippen MR) is 39.6 cm³/mol. The summed E-state index contributed by atoms with van der Waals surface area (Å²) < 4.78 is 10.1. The fourth-order valence-corrected chi connectivity index (χ4v) is 1.58. The molecule has 0 radical (unpaired) electrons. The summed E-state index contributed by atoms with van der Waals surface area (Å²) in [4.78, 5) is 2.55. The van der Waals surface area contributed by atoms with Crippen molar-refractivity contribution >= 4 is 0 Å². The van der Waals surface area contributed by atoms with E-state index in [1.165, 1.54) is 0 Å². The minimum Gasteiger partial charge on any atom is -0.390 e. The number of hydrogen-bond donors (Lipinski definition) is 2. The summed E-state index contributed by atoms with van der Waals surface area (Å²) in [5.74, 6) is 0. The quantitative estimate of drug-likeness (QED) is 0.316. The first kappa shape index (κ1) is 8.74. The van der Waals surface area contributed by atoms with E-state index in [9.17, 15) is 10.2 Å². The van der Waals surface area contributed by atoms with Gasteiger partial charge in [-0.15, -0.1) is 0 Å². The van der Waals surface area contributed by atoms with E-state index in [1.807, 2.05) is 0 Å². The number of nitrogens with zero attached hydrogens (tertiary/aromatic N) is 3. The number of rotatable bonds is 1. The molecule has 2 fully saturated rings. The maximum Gasteiger partial charge on any atom is 0.184 e. The van der Waals surface area contributed by atoms with Crippen molar-refractivity contribution in [3.8, 4) is 0 Å². The first-order valence-corrected chi connectivity index (χ1v) is 3.91. The SMILES string of the molecule is [N-]=[N+]=N[C@H]1C(O)[C@@H]2OCC(O2)[C@@H]1O. The van der Waals surface area contributed by atoms with Gasteiger partial charge in [-0.25, -0.2) is 0 Å². The molecule has 5 atom stereocenters. The van der Waals surface area contributed by atoms with Crippen LogP contribution in [0.3, 0.4) is 0 Å². The number of aliphatic hydroxyl groups excluding tert-OH is 2. The van der Waals surface area contributed by atoms with E-state index >= 15 is 0 Å². The van der Waals surface area contributed by atoms with Gasteiger partial charge < -0.3 is 19.7 Å². The van der Waals surface area contributed by atoms with Crippen molar-refractivity contribution in [1.82, 2.24) is 0 Å². The lowest BCUT2D eigenvalue weighted by Crippen LogP contribution is -2.52. The van der Waals surface area contributed by atoms with Crippen LogP contribution in [0.1, 0.15) is 0 Å². The summed E-state index contributed by atoms with van der Waals surface area (Å²) in [6.45, 7) is 0.223. The van der Waals surface area contributed by atoms with Gasteiger partial charge in [0.1, 0.15) is 12.2 Å². The van der Waals surface area contributed by atoms with Crippen molar-refractivity contribution in [3.05, 3.63) is 10.4 Å². The monoisotopic (exact) mass is 187 g/mol. The van der Waals surface area contributed by atoms with E-state index < -0.39 is 30.6 Å². The lowest BCUT2D eigenvalue weighted by molar-refractivity contribution is -0.189. The number of hydrogen-bond acceptors (Lipinski definition) is 5. The van der Waals surface area contributed by atoms with Crippen LogP contribution >= 0.6 is 0 Å². The molecule has 2 N–H and O–H groups in total. The van der Waals surface area contributed by atoms with Crippen LogP contribution in [0.4, 0.5) is 0 Å². The summed E-state index contributed by atoms with van der Waals surface area (Å²) in [5.41, 5.74) is 8.20. The molecule has 0 aliphatic carbocycles. The summed E-state index contributed by atoms with van der Waals surface area (Å²) in [6.07, 6.45) is -3.36. The molecular weight excluding hydrogens is 178 g/mol. The van der Waals surface area contributed by atoms with Gasteiger partial charge in [0.2, 0.25) is 0 Å². The summed E-state index contributed by atoms with van der Waals surface area (Å²) in [5, 5.41) is 22.3. The molecule has 0 spiro atoms. The third-order valence-corrected chi connectivity index (χ3v) is 2.28. The molecule has 72 valence electrons. The zero-order valence-electron chi connectivity index (χ0n) is 6.65. The number of fused-ring (bicyclic) bond motifs is 2. The van der Waals surface area contributed by atoms with E-state index in [-0.39, 0.29) is 6.61 Å². The fourth-order valence-electron chi connectivity index (χ4n) is 1.58. The molecule has 2 rings (SSSR count). The second-order valence-corrected chi connectivity index (χ2v) is 3.05. The third kappa shape index (κ3) is 1.27. The van der Waals surface area contributed by atoms with Crippen molar-refractivity contribution in [3.63, 3.8) is 0 Å². The van der Waals surface area contributed by atoms with Crippen LogP contribution in [0.5, 0.6) is 0 Å². The number of ether oxygens (including phenoxy) is 2. The highest BCUT2D eigenvalue weighted by Crippen LogP contribution is 2.29. The van der Waals surface area contributed by atoms with E-state index in [0.29, 0.717) is 0 Å². The minimum absolute atomic E-state index is 0.223. The molecule has 0 aromatic heterocycles. The lowest BCUT2D eigenvalue weighted by Gasteiger charge is -2.32. The van der Waals surface area contributed by atoms with Crippen LogP contribution in [0.25, 0.3) is 10.4 Å². The largest absolute Gasteiger partial charge is 0.390 e. The van der Waals surface area contributed by atoms with Crippen LogP contribution in [0.15, 0.2) is 5.11 Å². The van der Waals surface area contributed by atoms with Crippen LogP contribution in [0, 0.1) is 0 Å². The van der Waals surface area contributed by atoms with Gasteiger partial charge in [0.05, 0.1) is 18.8 Å². The van der Waals surface area contributed by atoms with Gasteiger partial charge in [-0.2, -0.15) is 0 Å². The average molecular weight is 187 g/mol. The Bertz CT molecular complexity index is 238. The van der Waals surface area contributed by atoms with Crippen molar-refractivity contribution in [2.45, 2.75) is 30.6 Å². The maximum atomic E-state index is 9.53. The topological polar surface area (TPSA) is 108 Å². The molecule has 7 heteroatoms. The van der Waals surface area contributed by atoms with Gasteiger partial charge in [0.25, 0.3) is 0 Å². The van der Waals surface area contributed by atoms with Crippen molar-refractivity contribution in [2.24, 2.45) is 5.11 Å². The second kappa shape index (κ2) is 3.13. The van der Waals surface area contributed by atoms with Crippen molar-refractivity contribution < 1.29 is 19.7 Å². The molecule has 0 amide bonds. The zero-order chi connectivity index (χ0) is 9.42. The fraction of sp³-hybridized carbons (Fsp3) is 1.00. The van der Waals surface area contributed by atoms with Crippen molar-refractivity contribution in [1.29, 1.82) is 0 Å². The summed E-state index contributed by atoms with van der Waals surface area (Å²) in [6, 6.07) is -0.878. The summed E-state index contributed by atoms with van der Waals surface area (Å²) in [7, 11) is 0. The molecule has 2 aliphatic heterocycles. The molecule has 2 unspecified atom stereocenters. The number of aliphatic hydroxyl groups is 2. The van der Waals surface area contributed by atoms with E-state index in [1.54, 1.807) is 0 Å². The minimum atomic E-state index is -1.09. The van der Waals surface area contributed by atoms with Crippen LogP contribution in [0.2, 0.25) is 0 Å². The highest BCUT2D eigenvalue weighted by Gasteiger charge is 2.49. The Morgan fingerprint density at radius 1 is 1.38 bits per heavy atom. The van der Waals surface area contributed by atoms with Gasteiger partial charge in [0.15, 0.2) is 6.29 Å². The van der Waals surface area contributed by atoms with Crippen LogP contribution in [-0.4, -0.2) is 47.5 Å². The van der Waals surface area contributed by atoms with Crippen LogP contribution < -0.4 is 0 Å². The highest BCUT2D eigenvalue weighted by atomic mass is 16.7. The molecule has 2 saturated heterocycles. The predicted octanol–water partition coefficient (Wildman–Crippen LogP) is -0.858. The lowest BCUT2D eigenvalue weighted by atomic mass is 9.99. The van der Waals surface area contributed by atoms with Gasteiger partial charge in [-0.1, -0.05) is 5.11 Å². The highest BCUT2D eigenvalue weighted by molar-refractivity contribution is 4.97. The van der Waals surface area contributed by atoms with Gasteiger partial charge in [-0.05, 0) is 5.53 Å². The Kier molecular flexibility index (Phi) is 2.10. The Hall–Kier alpha value is -0.850. The van der Waals surface area contributed by atoms with Crippen molar-refractivity contribution in [2.75, 3.05) is 6.61 Å². The molecule has 2 heterocycles. The van der Waals surface area contributed by atoms with Gasteiger partial charge >= 0.3 is 0 Å². The summed E-state index contributed by atoms with van der Waals surface area (Å²) >= 11 is 0. The number of azide groups is 1. The molecule has 13 heavy (non-hydrogen) atoms. The maximum absolute atomic E-state index is 9.53. The Morgan fingerprint density at radius 3 is 2.85 bits per heavy atom. The molecule has 0 aromatic carbocycles. The third-order valence-electron chi connectivity index (χ3n) is 2.28. The second-order valence-electron chi connectivity index (χ2n) is 3.05. The normalized spacial score (nSPS) is 48.6. The Balaban J connectivity index is 2.21. The Morgan fingerprint density at radius 2 is 2.15 bits per heavy atom. The van der Waals surface area contributed by atoms with E-state index in [2.05, 4.69) is 10.0 Å². The van der Waals surface area contributed by atoms with Gasteiger partial charge in [0, 0.05) is 4.91 Å². The Labute approximate surface area is 73.5 Å². The average Bonchev–Trinajstić information content (AvgIpc) is 2.56. The smallest absolute Gasteiger partial charge is 0.184 e. The standard InChI is InChI=1S/C6H9N3O4/c7-9-8-3-4(10)2-1-12-6(13-2)5(3)11/h2-6,10-11H,1H2/t2?,3-,4+,5?,6-/m1/s1.